The molecule has 0 aromatic heterocycles. The molecule has 1 aliphatic rings. The van der Waals surface area contributed by atoms with Crippen LogP contribution in [0.2, 0.25) is 0 Å². The second-order valence-corrected chi connectivity index (χ2v) is 6.59. The van der Waals surface area contributed by atoms with Crippen molar-refractivity contribution in [3.05, 3.63) is 32.5 Å². The molecule has 0 aliphatic heterocycles. The maximum Gasteiger partial charge on any atom is 0.293 e. The lowest BCUT2D eigenvalue weighted by molar-refractivity contribution is -0.384. The molecule has 0 heterocycles. The van der Waals surface area contributed by atoms with Crippen molar-refractivity contribution in [2.75, 3.05) is 11.9 Å². The van der Waals surface area contributed by atoms with Gasteiger partial charge in [0.2, 0.25) is 0 Å². The summed E-state index contributed by atoms with van der Waals surface area (Å²) in [5.41, 5.74) is -0.0967. The molecular formula is C14H18BrFN2O3. The minimum atomic E-state index is -0.526. The Bertz CT molecular complexity index is 565. The maximum absolute atomic E-state index is 13.7. The molecular weight excluding hydrogens is 343 g/mol. The van der Waals surface area contributed by atoms with E-state index in [1.807, 2.05) is 20.8 Å². The third-order valence-corrected chi connectivity index (χ3v) is 4.72. The summed E-state index contributed by atoms with van der Waals surface area (Å²) in [7, 11) is 0. The molecule has 0 amide bonds. The van der Waals surface area contributed by atoms with Crippen LogP contribution in [0.3, 0.4) is 0 Å². The number of hydrogen-bond donors (Lipinski definition) is 1. The van der Waals surface area contributed by atoms with Crippen LogP contribution in [-0.4, -0.2) is 23.7 Å². The summed E-state index contributed by atoms with van der Waals surface area (Å²) in [4.78, 5) is 10.6. The molecule has 1 aliphatic carbocycles. The summed E-state index contributed by atoms with van der Waals surface area (Å²) in [5, 5.41) is 14.2. The molecule has 21 heavy (non-hydrogen) atoms. The van der Waals surface area contributed by atoms with Crippen LogP contribution in [0.15, 0.2) is 16.6 Å². The average Bonchev–Trinajstić information content (AvgIpc) is 2.41. The maximum atomic E-state index is 13.7. The van der Waals surface area contributed by atoms with Gasteiger partial charge < -0.3 is 10.1 Å². The van der Waals surface area contributed by atoms with Gasteiger partial charge in [-0.05, 0) is 29.3 Å². The average molecular weight is 361 g/mol. The summed E-state index contributed by atoms with van der Waals surface area (Å²) in [5.74, 6) is -0.526. The second-order valence-electron chi connectivity index (χ2n) is 5.74. The zero-order valence-electron chi connectivity index (χ0n) is 12.2. The SMILES string of the molecule is CCOC1CC(Nc2cc(F)c(Br)cc2[N+](=O)[O-])C1(C)C. The largest absolute Gasteiger partial charge is 0.378 e. The highest BCUT2D eigenvalue weighted by molar-refractivity contribution is 9.10. The van der Waals surface area contributed by atoms with E-state index in [1.54, 1.807) is 0 Å². The number of nitro benzene ring substituents is 1. The Hall–Kier alpha value is -1.21. The number of nitrogens with one attached hydrogen (secondary N) is 1. The minimum absolute atomic E-state index is 0.00771. The summed E-state index contributed by atoms with van der Waals surface area (Å²) in [6.07, 6.45) is 0.856. The van der Waals surface area contributed by atoms with Crippen LogP contribution in [-0.2, 0) is 4.74 Å². The molecule has 0 spiro atoms. The summed E-state index contributed by atoms with van der Waals surface area (Å²) < 4.78 is 19.4. The van der Waals surface area contributed by atoms with Crippen molar-refractivity contribution < 1.29 is 14.1 Å². The Morgan fingerprint density at radius 1 is 1.57 bits per heavy atom. The smallest absolute Gasteiger partial charge is 0.293 e. The van der Waals surface area contributed by atoms with Gasteiger partial charge in [-0.25, -0.2) is 4.39 Å². The molecule has 0 radical (unpaired) electrons. The number of nitro groups is 1. The first-order chi connectivity index (χ1) is 9.77. The van der Waals surface area contributed by atoms with Crippen LogP contribution < -0.4 is 5.32 Å². The molecule has 1 fully saturated rings. The summed E-state index contributed by atoms with van der Waals surface area (Å²) in [6.45, 7) is 6.64. The molecule has 1 N–H and O–H groups in total. The quantitative estimate of drug-likeness (QED) is 0.633. The minimum Gasteiger partial charge on any atom is -0.378 e. The van der Waals surface area contributed by atoms with E-state index in [-0.39, 0.29) is 33.4 Å². The van der Waals surface area contributed by atoms with E-state index in [4.69, 9.17) is 4.74 Å². The fourth-order valence-electron chi connectivity index (χ4n) is 2.61. The molecule has 1 saturated carbocycles. The van der Waals surface area contributed by atoms with Crippen LogP contribution in [0.25, 0.3) is 0 Å². The molecule has 2 atom stereocenters. The molecule has 1 aromatic carbocycles. The predicted molar refractivity (Wildman–Crippen MR) is 82.0 cm³/mol. The number of anilines is 1. The van der Waals surface area contributed by atoms with Gasteiger partial charge in [-0.1, -0.05) is 13.8 Å². The summed E-state index contributed by atoms with van der Waals surface area (Å²) >= 11 is 2.97. The van der Waals surface area contributed by atoms with Gasteiger partial charge >= 0.3 is 0 Å². The Kier molecular flexibility index (Phi) is 4.53. The first kappa shape index (κ1) is 16.2. The summed E-state index contributed by atoms with van der Waals surface area (Å²) in [6, 6.07) is 2.35. The van der Waals surface area contributed by atoms with E-state index in [0.717, 1.165) is 12.5 Å². The van der Waals surface area contributed by atoms with E-state index >= 15 is 0 Å². The fraction of sp³-hybridized carbons (Fsp3) is 0.571. The molecule has 116 valence electrons. The van der Waals surface area contributed by atoms with Crippen LogP contribution >= 0.6 is 15.9 Å². The number of ether oxygens (including phenoxy) is 1. The third-order valence-electron chi connectivity index (χ3n) is 4.11. The lowest BCUT2D eigenvalue weighted by Gasteiger charge is -2.51. The van der Waals surface area contributed by atoms with Gasteiger partial charge in [-0.15, -0.1) is 0 Å². The molecule has 2 rings (SSSR count). The van der Waals surface area contributed by atoms with Gasteiger partial charge in [-0.2, -0.15) is 0 Å². The fourth-order valence-corrected chi connectivity index (χ4v) is 2.94. The lowest BCUT2D eigenvalue weighted by atomic mass is 9.64. The zero-order valence-corrected chi connectivity index (χ0v) is 13.7. The van der Waals surface area contributed by atoms with Gasteiger partial charge in [0.15, 0.2) is 0 Å². The Morgan fingerprint density at radius 3 is 2.76 bits per heavy atom. The highest BCUT2D eigenvalue weighted by atomic mass is 79.9. The molecule has 2 unspecified atom stereocenters. The Morgan fingerprint density at radius 2 is 2.24 bits per heavy atom. The third kappa shape index (κ3) is 3.03. The van der Waals surface area contributed by atoms with Gasteiger partial charge in [0, 0.05) is 30.2 Å². The second kappa shape index (κ2) is 5.88. The number of nitrogens with zero attached hydrogens (tertiary/aromatic N) is 1. The van der Waals surface area contributed by atoms with Gasteiger partial charge in [0.1, 0.15) is 11.5 Å². The molecule has 7 heteroatoms. The first-order valence-electron chi connectivity index (χ1n) is 6.79. The van der Waals surface area contributed by atoms with Crippen LogP contribution in [0.4, 0.5) is 15.8 Å². The van der Waals surface area contributed by atoms with Gasteiger partial charge in [-0.3, -0.25) is 10.1 Å². The molecule has 5 nitrogen and oxygen atoms in total. The first-order valence-corrected chi connectivity index (χ1v) is 7.58. The van der Waals surface area contributed by atoms with E-state index in [2.05, 4.69) is 21.2 Å². The van der Waals surface area contributed by atoms with E-state index < -0.39 is 10.7 Å². The predicted octanol–water partition coefficient (Wildman–Crippen LogP) is 4.11. The normalized spacial score (nSPS) is 23.5. The van der Waals surface area contributed by atoms with Crippen molar-refractivity contribution >= 4 is 27.3 Å². The van der Waals surface area contributed by atoms with Crippen molar-refractivity contribution in [1.29, 1.82) is 0 Å². The van der Waals surface area contributed by atoms with Crippen molar-refractivity contribution in [3.63, 3.8) is 0 Å². The van der Waals surface area contributed by atoms with E-state index in [0.29, 0.717) is 6.61 Å². The van der Waals surface area contributed by atoms with Crippen molar-refractivity contribution in [2.24, 2.45) is 5.41 Å². The monoisotopic (exact) mass is 360 g/mol. The highest BCUT2D eigenvalue weighted by Crippen LogP contribution is 2.45. The topological polar surface area (TPSA) is 64.4 Å². The molecule has 0 saturated heterocycles. The van der Waals surface area contributed by atoms with Crippen LogP contribution in [0, 0.1) is 21.3 Å². The van der Waals surface area contributed by atoms with Crippen molar-refractivity contribution in [1.82, 2.24) is 0 Å². The van der Waals surface area contributed by atoms with E-state index in [9.17, 15) is 14.5 Å². The molecule has 1 aromatic rings. The van der Waals surface area contributed by atoms with E-state index in [1.165, 1.54) is 6.07 Å². The van der Waals surface area contributed by atoms with Crippen LogP contribution in [0.1, 0.15) is 27.2 Å². The van der Waals surface area contributed by atoms with Crippen LogP contribution in [0.5, 0.6) is 0 Å². The Balaban J connectivity index is 2.21. The number of rotatable bonds is 5. The van der Waals surface area contributed by atoms with Crippen molar-refractivity contribution in [3.8, 4) is 0 Å². The molecule has 0 bridgehead atoms. The number of hydrogen-bond acceptors (Lipinski definition) is 4. The Labute approximate surface area is 131 Å². The number of benzene rings is 1. The lowest BCUT2D eigenvalue weighted by Crippen LogP contribution is -2.58. The van der Waals surface area contributed by atoms with Gasteiger partial charge in [0.25, 0.3) is 5.69 Å². The van der Waals surface area contributed by atoms with Gasteiger partial charge in [0.05, 0.1) is 15.5 Å². The van der Waals surface area contributed by atoms with Crippen molar-refractivity contribution in [2.45, 2.75) is 39.3 Å². The zero-order chi connectivity index (χ0) is 15.8. The number of halogens is 2. The highest BCUT2D eigenvalue weighted by Gasteiger charge is 2.49. The standard InChI is InChI=1S/C14H18BrFN2O3/c1-4-21-13-7-12(14(13,2)3)17-10-6-9(16)8(15)5-11(10)18(19)20/h5-6,12-13,17H,4,7H2,1-3H3.